The van der Waals surface area contributed by atoms with Gasteiger partial charge < -0.3 is 9.84 Å². The van der Waals surface area contributed by atoms with Crippen LogP contribution in [0.4, 0.5) is 0 Å². The van der Waals surface area contributed by atoms with Crippen LogP contribution in [0, 0.1) is 0 Å². The Hall–Kier alpha value is -2.31. The van der Waals surface area contributed by atoms with E-state index in [0.29, 0.717) is 26.2 Å². The molecule has 116 valence electrons. The molecule has 2 heterocycles. The van der Waals surface area contributed by atoms with E-state index in [1.807, 2.05) is 36.4 Å². The smallest absolute Gasteiger partial charge is 0.329 e. The van der Waals surface area contributed by atoms with Crippen molar-refractivity contribution in [3.8, 4) is 0 Å². The molecule has 6 nitrogen and oxygen atoms in total. The average Bonchev–Trinajstić information content (AvgIpc) is 2.53. The number of carboxylic acid groups (broad SMARTS) is 1. The Morgan fingerprint density at radius 2 is 1.64 bits per heavy atom. The normalized spacial score (nSPS) is 10.8. The number of aliphatic carboxylic acids is 1. The molecule has 1 N–H and O–H groups in total. The van der Waals surface area contributed by atoms with Crippen molar-refractivity contribution in [2.75, 3.05) is 19.8 Å². The lowest BCUT2D eigenvalue weighted by Crippen LogP contribution is -2.28. The summed E-state index contributed by atoms with van der Waals surface area (Å²) in [5.41, 5.74) is 1.91. The second kappa shape index (κ2) is 8.86. The fourth-order valence-electron chi connectivity index (χ4n) is 2.01. The Labute approximate surface area is 129 Å². The molecule has 6 heteroatoms. The first kappa shape index (κ1) is 16.1. The van der Waals surface area contributed by atoms with Crippen molar-refractivity contribution in [1.82, 2.24) is 14.9 Å². The maximum atomic E-state index is 10.5. The third-order valence-corrected chi connectivity index (χ3v) is 3.00. The zero-order valence-electron chi connectivity index (χ0n) is 12.3. The summed E-state index contributed by atoms with van der Waals surface area (Å²) in [7, 11) is 0. The second-order valence-corrected chi connectivity index (χ2v) is 4.80. The van der Waals surface area contributed by atoms with Crippen molar-refractivity contribution in [3.63, 3.8) is 0 Å². The molecule has 22 heavy (non-hydrogen) atoms. The molecule has 0 aromatic carbocycles. The Kier molecular flexibility index (Phi) is 6.47. The van der Waals surface area contributed by atoms with E-state index in [2.05, 4.69) is 14.9 Å². The van der Waals surface area contributed by atoms with Crippen LogP contribution in [0.3, 0.4) is 0 Å². The van der Waals surface area contributed by atoms with Crippen molar-refractivity contribution in [2.45, 2.75) is 13.1 Å². The number of pyridine rings is 2. The maximum Gasteiger partial charge on any atom is 0.329 e. The van der Waals surface area contributed by atoms with E-state index in [1.165, 1.54) is 0 Å². The maximum absolute atomic E-state index is 10.5. The van der Waals surface area contributed by atoms with Gasteiger partial charge in [-0.1, -0.05) is 12.1 Å². The number of rotatable bonds is 9. The lowest BCUT2D eigenvalue weighted by Gasteiger charge is -2.21. The molecule has 0 fully saturated rings. The summed E-state index contributed by atoms with van der Waals surface area (Å²) in [6.07, 6.45) is 3.52. The first-order valence-corrected chi connectivity index (χ1v) is 7.06. The lowest BCUT2D eigenvalue weighted by molar-refractivity contribution is -0.142. The molecule has 0 saturated carbocycles. The molecule has 0 spiro atoms. The zero-order valence-corrected chi connectivity index (χ0v) is 12.3. The summed E-state index contributed by atoms with van der Waals surface area (Å²) in [5, 5.41) is 8.59. The molecule has 2 rings (SSSR count). The van der Waals surface area contributed by atoms with Gasteiger partial charge in [-0.2, -0.15) is 0 Å². The van der Waals surface area contributed by atoms with E-state index in [0.717, 1.165) is 11.4 Å². The van der Waals surface area contributed by atoms with Gasteiger partial charge in [0.1, 0.15) is 6.61 Å². The fraction of sp³-hybridized carbons (Fsp3) is 0.312. The number of ether oxygens (including phenoxy) is 1. The molecule has 0 aliphatic rings. The standard InChI is InChI=1S/C16H19N3O3/c20-16(21)13-22-10-9-19(11-14-5-1-3-7-17-14)12-15-6-2-4-8-18-15/h1-8H,9-13H2,(H,20,21). The predicted molar refractivity (Wildman–Crippen MR) is 81.0 cm³/mol. The van der Waals surface area contributed by atoms with Gasteiger partial charge in [-0.05, 0) is 24.3 Å². The van der Waals surface area contributed by atoms with Crippen molar-refractivity contribution >= 4 is 5.97 Å². The summed E-state index contributed by atoms with van der Waals surface area (Å²) < 4.78 is 5.12. The number of carbonyl (C=O) groups is 1. The van der Waals surface area contributed by atoms with Gasteiger partial charge in [-0.15, -0.1) is 0 Å². The van der Waals surface area contributed by atoms with E-state index < -0.39 is 5.97 Å². The molecule has 0 radical (unpaired) electrons. The molecule has 2 aromatic heterocycles. The number of nitrogens with zero attached hydrogens (tertiary/aromatic N) is 3. The van der Waals surface area contributed by atoms with Gasteiger partial charge in [-0.3, -0.25) is 14.9 Å². The number of hydrogen-bond acceptors (Lipinski definition) is 5. The molecule has 0 aliphatic heterocycles. The van der Waals surface area contributed by atoms with Crippen LogP contribution in [-0.2, 0) is 22.6 Å². The zero-order chi connectivity index (χ0) is 15.6. The average molecular weight is 301 g/mol. The van der Waals surface area contributed by atoms with Crippen LogP contribution in [0.2, 0.25) is 0 Å². The van der Waals surface area contributed by atoms with E-state index in [1.54, 1.807) is 12.4 Å². The number of hydrogen-bond donors (Lipinski definition) is 1. The summed E-state index contributed by atoms with van der Waals surface area (Å²) in [4.78, 5) is 21.2. The van der Waals surface area contributed by atoms with Crippen molar-refractivity contribution < 1.29 is 14.6 Å². The SMILES string of the molecule is O=C(O)COCCN(Cc1ccccn1)Cc1ccccn1. The predicted octanol–water partition coefficient (Wildman–Crippen LogP) is 1.58. The van der Waals surface area contributed by atoms with E-state index in [4.69, 9.17) is 9.84 Å². The van der Waals surface area contributed by atoms with Gasteiger partial charge >= 0.3 is 5.97 Å². The summed E-state index contributed by atoms with van der Waals surface area (Å²) >= 11 is 0. The molecule has 0 unspecified atom stereocenters. The van der Waals surface area contributed by atoms with Crippen molar-refractivity contribution in [1.29, 1.82) is 0 Å². The fourth-order valence-corrected chi connectivity index (χ4v) is 2.01. The van der Waals surface area contributed by atoms with Crippen molar-refractivity contribution in [2.24, 2.45) is 0 Å². The minimum Gasteiger partial charge on any atom is -0.480 e. The lowest BCUT2D eigenvalue weighted by atomic mass is 10.3. The largest absolute Gasteiger partial charge is 0.480 e. The Bertz CT molecular complexity index is 522. The Morgan fingerprint density at radius 1 is 1.05 bits per heavy atom. The van der Waals surface area contributed by atoms with Crippen LogP contribution in [0.15, 0.2) is 48.8 Å². The van der Waals surface area contributed by atoms with Crippen LogP contribution in [-0.4, -0.2) is 45.7 Å². The monoisotopic (exact) mass is 301 g/mol. The summed E-state index contributed by atoms with van der Waals surface area (Å²) in [6.45, 7) is 2.01. The van der Waals surface area contributed by atoms with Crippen molar-refractivity contribution in [3.05, 3.63) is 60.2 Å². The van der Waals surface area contributed by atoms with E-state index in [9.17, 15) is 4.79 Å². The molecule has 0 atom stereocenters. The van der Waals surface area contributed by atoms with Crippen LogP contribution in [0.25, 0.3) is 0 Å². The topological polar surface area (TPSA) is 75.6 Å². The molecular weight excluding hydrogens is 282 g/mol. The Balaban J connectivity index is 1.92. The van der Waals surface area contributed by atoms with Crippen LogP contribution >= 0.6 is 0 Å². The highest BCUT2D eigenvalue weighted by molar-refractivity contribution is 5.67. The van der Waals surface area contributed by atoms with Gasteiger partial charge in [0.2, 0.25) is 0 Å². The summed E-state index contributed by atoms with van der Waals surface area (Å²) in [6, 6.07) is 11.6. The minimum atomic E-state index is -0.957. The van der Waals surface area contributed by atoms with Gasteiger partial charge in [0.05, 0.1) is 18.0 Å². The van der Waals surface area contributed by atoms with E-state index in [-0.39, 0.29) is 6.61 Å². The quantitative estimate of drug-likeness (QED) is 0.709. The third-order valence-electron chi connectivity index (χ3n) is 3.00. The van der Waals surface area contributed by atoms with Crippen LogP contribution in [0.5, 0.6) is 0 Å². The molecule has 0 aliphatic carbocycles. The molecule has 2 aromatic rings. The summed E-state index contributed by atoms with van der Waals surface area (Å²) in [5.74, 6) is -0.957. The highest BCUT2D eigenvalue weighted by Crippen LogP contribution is 2.06. The molecule has 0 bridgehead atoms. The number of carboxylic acids is 1. The van der Waals surface area contributed by atoms with Crippen LogP contribution in [0.1, 0.15) is 11.4 Å². The minimum absolute atomic E-state index is 0.277. The van der Waals surface area contributed by atoms with Crippen LogP contribution < -0.4 is 0 Å². The molecule has 0 amide bonds. The number of aromatic nitrogens is 2. The van der Waals surface area contributed by atoms with Gasteiger partial charge in [0, 0.05) is 32.0 Å². The molecule has 0 saturated heterocycles. The first-order valence-electron chi connectivity index (χ1n) is 7.06. The first-order chi connectivity index (χ1) is 10.7. The highest BCUT2D eigenvalue weighted by atomic mass is 16.5. The van der Waals surface area contributed by atoms with E-state index >= 15 is 0 Å². The highest BCUT2D eigenvalue weighted by Gasteiger charge is 2.09. The molecular formula is C16H19N3O3. The second-order valence-electron chi connectivity index (χ2n) is 4.80. The Morgan fingerprint density at radius 3 is 2.09 bits per heavy atom. The van der Waals surface area contributed by atoms with Gasteiger partial charge in [0.15, 0.2) is 0 Å². The van der Waals surface area contributed by atoms with Gasteiger partial charge in [-0.25, -0.2) is 4.79 Å². The third kappa shape index (κ3) is 5.99. The van der Waals surface area contributed by atoms with Gasteiger partial charge in [0.25, 0.3) is 0 Å².